The average Bonchev–Trinajstić information content (AvgIpc) is 3.26. The van der Waals surface area contributed by atoms with Gasteiger partial charge < -0.3 is 5.32 Å². The van der Waals surface area contributed by atoms with E-state index in [0.717, 1.165) is 22.4 Å². The highest BCUT2D eigenvalue weighted by molar-refractivity contribution is 6.30. The number of rotatable bonds is 6. The molecule has 4 aromatic rings. The fraction of sp³-hybridized carbons (Fsp3) is 0.148. The molecule has 1 aliphatic heterocycles. The normalized spacial score (nSPS) is 14.6. The van der Waals surface area contributed by atoms with E-state index in [1.54, 1.807) is 4.68 Å². The molecule has 0 spiro atoms. The molecule has 1 aliphatic rings. The van der Waals surface area contributed by atoms with E-state index >= 15 is 0 Å². The molecule has 170 valence electrons. The number of benzene rings is 3. The van der Waals surface area contributed by atoms with E-state index in [1.807, 2.05) is 54.6 Å². The highest BCUT2D eigenvalue weighted by Crippen LogP contribution is 2.33. The Kier molecular flexibility index (Phi) is 6.14. The first-order chi connectivity index (χ1) is 16.5. The van der Waals surface area contributed by atoms with E-state index in [9.17, 15) is 4.79 Å². The monoisotopic (exact) mass is 469 g/mol. The van der Waals surface area contributed by atoms with E-state index in [-0.39, 0.29) is 17.9 Å². The number of carbonyl (C=O) groups excluding carboxylic acids is 1. The summed E-state index contributed by atoms with van der Waals surface area (Å²) in [6, 6.07) is 25.7. The van der Waals surface area contributed by atoms with E-state index in [2.05, 4.69) is 58.0 Å². The van der Waals surface area contributed by atoms with Crippen molar-refractivity contribution in [3.05, 3.63) is 112 Å². The zero-order valence-corrected chi connectivity index (χ0v) is 19.5. The first-order valence-corrected chi connectivity index (χ1v) is 11.5. The number of aromatic nitrogens is 3. The van der Waals surface area contributed by atoms with Crippen molar-refractivity contribution in [2.75, 3.05) is 10.6 Å². The van der Waals surface area contributed by atoms with Crippen LogP contribution in [-0.2, 0) is 11.2 Å². The summed E-state index contributed by atoms with van der Waals surface area (Å²) in [5.41, 5.74) is 5.31. The van der Waals surface area contributed by atoms with Gasteiger partial charge in [0.1, 0.15) is 6.04 Å². The number of allylic oxidation sites excluding steroid dienone is 1. The van der Waals surface area contributed by atoms with E-state index in [1.165, 1.54) is 5.56 Å². The number of amides is 1. The number of nitrogens with zero attached hydrogens (tertiary/aromatic N) is 3. The molecule has 2 N–H and O–H groups in total. The maximum Gasteiger partial charge on any atom is 0.250 e. The summed E-state index contributed by atoms with van der Waals surface area (Å²) in [4.78, 5) is 17.1. The molecule has 0 fully saturated rings. The summed E-state index contributed by atoms with van der Waals surface area (Å²) in [5.74, 6) is 0.719. The summed E-state index contributed by atoms with van der Waals surface area (Å²) < 4.78 is 1.79. The SMILES string of the molecule is Cc1ccc(C2=C[C@@H](c3ccc(Cl)cc3)n3nc(NC(=O)CCc4ccccc4)nc3N2)cc1. The number of fused-ring (bicyclic) bond motifs is 1. The Hall–Kier alpha value is -3.90. The highest BCUT2D eigenvalue weighted by atomic mass is 35.5. The van der Waals surface area contributed by atoms with E-state index in [0.29, 0.717) is 23.8 Å². The van der Waals surface area contributed by atoms with Gasteiger partial charge in [-0.1, -0.05) is 83.9 Å². The highest BCUT2D eigenvalue weighted by Gasteiger charge is 2.25. The lowest BCUT2D eigenvalue weighted by Crippen LogP contribution is -2.20. The molecule has 1 aromatic heterocycles. The van der Waals surface area contributed by atoms with E-state index in [4.69, 9.17) is 11.6 Å². The van der Waals surface area contributed by atoms with Crippen LogP contribution in [0.25, 0.3) is 5.70 Å². The van der Waals surface area contributed by atoms with Crippen molar-refractivity contribution in [1.82, 2.24) is 14.8 Å². The zero-order chi connectivity index (χ0) is 23.5. The molecular weight excluding hydrogens is 446 g/mol. The Labute approximate surface area is 203 Å². The van der Waals surface area contributed by atoms with Crippen molar-refractivity contribution in [1.29, 1.82) is 0 Å². The lowest BCUT2D eigenvalue weighted by molar-refractivity contribution is -0.116. The van der Waals surface area contributed by atoms with Gasteiger partial charge in [0, 0.05) is 17.1 Å². The second kappa shape index (κ2) is 9.53. The fourth-order valence-corrected chi connectivity index (χ4v) is 4.06. The van der Waals surface area contributed by atoms with Crippen LogP contribution < -0.4 is 10.6 Å². The average molecular weight is 470 g/mol. The van der Waals surface area contributed by atoms with Gasteiger partial charge in [0.2, 0.25) is 11.9 Å². The minimum Gasteiger partial charge on any atom is -0.324 e. The number of hydrogen-bond acceptors (Lipinski definition) is 4. The van der Waals surface area contributed by atoms with Crippen LogP contribution in [0.5, 0.6) is 0 Å². The van der Waals surface area contributed by atoms with Gasteiger partial charge >= 0.3 is 0 Å². The second-order valence-corrected chi connectivity index (χ2v) is 8.74. The van der Waals surface area contributed by atoms with Crippen LogP contribution in [0.2, 0.25) is 5.02 Å². The van der Waals surface area contributed by atoms with Gasteiger partial charge in [-0.3, -0.25) is 10.1 Å². The van der Waals surface area contributed by atoms with Gasteiger partial charge in [-0.25, -0.2) is 4.68 Å². The van der Waals surface area contributed by atoms with Crippen LogP contribution in [0.4, 0.5) is 11.9 Å². The minimum absolute atomic E-state index is 0.124. The topological polar surface area (TPSA) is 71.8 Å². The first-order valence-electron chi connectivity index (χ1n) is 11.2. The van der Waals surface area contributed by atoms with Crippen molar-refractivity contribution < 1.29 is 4.79 Å². The number of halogens is 1. The molecule has 0 radical (unpaired) electrons. The van der Waals surface area contributed by atoms with Gasteiger partial charge in [0.25, 0.3) is 5.95 Å². The Balaban J connectivity index is 1.40. The Morgan fingerprint density at radius 1 is 1.03 bits per heavy atom. The number of hydrogen-bond donors (Lipinski definition) is 2. The summed E-state index contributed by atoms with van der Waals surface area (Å²) in [6.07, 6.45) is 3.12. The standard InChI is InChI=1S/C27H24ClN5O/c1-18-7-10-20(11-8-18)23-17-24(21-12-14-22(28)15-13-21)33-27(29-23)31-26(32-33)30-25(34)16-9-19-5-3-2-4-6-19/h2-8,10-15,17,24H,9,16H2,1H3,(H2,29,30,31,32,34)/t24-/m0/s1. The summed E-state index contributed by atoms with van der Waals surface area (Å²) in [5, 5.41) is 11.5. The van der Waals surface area contributed by atoms with Crippen molar-refractivity contribution in [2.24, 2.45) is 0 Å². The molecule has 0 saturated heterocycles. The molecule has 0 aliphatic carbocycles. The van der Waals surface area contributed by atoms with Crippen LogP contribution >= 0.6 is 11.6 Å². The van der Waals surface area contributed by atoms with Gasteiger partial charge in [-0.15, -0.1) is 5.10 Å². The van der Waals surface area contributed by atoms with Crippen LogP contribution in [-0.4, -0.2) is 20.7 Å². The number of anilines is 2. The second-order valence-electron chi connectivity index (χ2n) is 8.31. The van der Waals surface area contributed by atoms with Crippen LogP contribution in [0.15, 0.2) is 84.9 Å². The molecule has 5 rings (SSSR count). The molecule has 1 amide bonds. The molecule has 0 saturated carbocycles. The Bertz CT molecular complexity index is 1330. The van der Waals surface area contributed by atoms with Crippen molar-refractivity contribution >= 4 is 35.1 Å². The van der Waals surface area contributed by atoms with Gasteiger partial charge in [0.05, 0.1) is 0 Å². The lowest BCUT2D eigenvalue weighted by atomic mass is 10.0. The van der Waals surface area contributed by atoms with Crippen molar-refractivity contribution in [2.45, 2.75) is 25.8 Å². The third-order valence-electron chi connectivity index (χ3n) is 5.77. The third kappa shape index (κ3) is 4.87. The molecule has 34 heavy (non-hydrogen) atoms. The van der Waals surface area contributed by atoms with E-state index < -0.39 is 0 Å². The van der Waals surface area contributed by atoms with Crippen molar-refractivity contribution in [3.8, 4) is 0 Å². The third-order valence-corrected chi connectivity index (χ3v) is 6.03. The fourth-order valence-electron chi connectivity index (χ4n) is 3.93. The quantitative estimate of drug-likeness (QED) is 0.370. The maximum atomic E-state index is 12.6. The first kappa shape index (κ1) is 21.9. The molecule has 3 aromatic carbocycles. The Morgan fingerprint density at radius 2 is 1.76 bits per heavy atom. The molecule has 0 unspecified atom stereocenters. The van der Waals surface area contributed by atoms with Gasteiger partial charge in [0.15, 0.2) is 0 Å². The lowest BCUT2D eigenvalue weighted by Gasteiger charge is -2.24. The number of aryl methyl sites for hydroxylation is 2. The number of nitrogens with one attached hydrogen (secondary N) is 2. The maximum absolute atomic E-state index is 12.6. The smallest absolute Gasteiger partial charge is 0.250 e. The summed E-state index contributed by atoms with van der Waals surface area (Å²) in [7, 11) is 0. The molecular formula is C27H24ClN5O. The zero-order valence-electron chi connectivity index (χ0n) is 18.7. The predicted molar refractivity (Wildman–Crippen MR) is 136 cm³/mol. The number of carbonyl (C=O) groups is 1. The molecule has 2 heterocycles. The summed E-state index contributed by atoms with van der Waals surface area (Å²) >= 11 is 6.12. The van der Waals surface area contributed by atoms with Crippen molar-refractivity contribution in [3.63, 3.8) is 0 Å². The van der Waals surface area contributed by atoms with Gasteiger partial charge in [-0.05, 0) is 48.2 Å². The molecule has 1 atom stereocenters. The van der Waals surface area contributed by atoms with Gasteiger partial charge in [-0.2, -0.15) is 4.98 Å². The van der Waals surface area contributed by atoms with Crippen LogP contribution in [0.1, 0.15) is 34.7 Å². The Morgan fingerprint density at radius 3 is 2.50 bits per heavy atom. The van der Waals surface area contributed by atoms with Crippen LogP contribution in [0.3, 0.4) is 0 Å². The molecule has 7 heteroatoms. The molecule has 0 bridgehead atoms. The predicted octanol–water partition coefficient (Wildman–Crippen LogP) is 5.87. The summed E-state index contributed by atoms with van der Waals surface area (Å²) in [6.45, 7) is 2.06. The largest absolute Gasteiger partial charge is 0.324 e. The molecule has 6 nitrogen and oxygen atoms in total. The van der Waals surface area contributed by atoms with Crippen LogP contribution in [0, 0.1) is 6.92 Å². The minimum atomic E-state index is -0.202.